The van der Waals surface area contributed by atoms with Crippen molar-refractivity contribution in [3.63, 3.8) is 0 Å². The van der Waals surface area contributed by atoms with Crippen molar-refractivity contribution >= 4 is 0 Å². The monoisotopic (exact) mass is 316 g/mol. The standard InChI is InChI=1S/C19H24O4/c1-10-7-16(20)18(22-5)12(3)14(10)9-15-11(2)8-17(21)19(23-6)13(15)4/h7-8,20-21H,9H2,1-6H3. The van der Waals surface area contributed by atoms with Crippen molar-refractivity contribution < 1.29 is 19.7 Å². The third-order valence-electron chi connectivity index (χ3n) is 4.47. The zero-order valence-electron chi connectivity index (χ0n) is 14.6. The Morgan fingerprint density at radius 2 is 1.09 bits per heavy atom. The minimum atomic E-state index is 0.156. The number of phenols is 2. The van der Waals surface area contributed by atoms with Gasteiger partial charge in [-0.1, -0.05) is 0 Å². The van der Waals surface area contributed by atoms with E-state index in [1.54, 1.807) is 26.4 Å². The average Bonchev–Trinajstić information content (AvgIpc) is 2.46. The van der Waals surface area contributed by atoms with Crippen LogP contribution in [0.25, 0.3) is 0 Å². The number of hydrogen-bond donors (Lipinski definition) is 2. The molecule has 0 fully saturated rings. The highest BCUT2D eigenvalue weighted by molar-refractivity contribution is 5.58. The van der Waals surface area contributed by atoms with Gasteiger partial charge in [-0.15, -0.1) is 0 Å². The lowest BCUT2D eigenvalue weighted by atomic mass is 9.90. The van der Waals surface area contributed by atoms with Gasteiger partial charge in [0, 0.05) is 0 Å². The molecule has 0 amide bonds. The molecule has 4 nitrogen and oxygen atoms in total. The maximum absolute atomic E-state index is 10.0. The molecular weight excluding hydrogens is 292 g/mol. The molecule has 0 aromatic heterocycles. The van der Waals surface area contributed by atoms with E-state index in [2.05, 4.69) is 0 Å². The largest absolute Gasteiger partial charge is 0.504 e. The van der Waals surface area contributed by atoms with Gasteiger partial charge in [-0.2, -0.15) is 0 Å². The zero-order chi connectivity index (χ0) is 17.3. The maximum Gasteiger partial charge on any atom is 0.163 e. The molecule has 2 rings (SSSR count). The second-order valence-corrected chi connectivity index (χ2v) is 5.88. The predicted octanol–water partition coefficient (Wildman–Crippen LogP) is 3.94. The highest BCUT2D eigenvalue weighted by Crippen LogP contribution is 2.39. The summed E-state index contributed by atoms with van der Waals surface area (Å²) in [5, 5.41) is 20.0. The minimum absolute atomic E-state index is 0.156. The Morgan fingerprint density at radius 3 is 1.39 bits per heavy atom. The number of rotatable bonds is 4. The number of benzene rings is 2. The van der Waals surface area contributed by atoms with Crippen LogP contribution in [0.5, 0.6) is 23.0 Å². The molecule has 0 saturated carbocycles. The molecule has 0 aliphatic rings. The normalized spacial score (nSPS) is 10.7. The van der Waals surface area contributed by atoms with Crippen LogP contribution < -0.4 is 9.47 Å². The summed E-state index contributed by atoms with van der Waals surface area (Å²) >= 11 is 0. The molecular formula is C19H24O4. The van der Waals surface area contributed by atoms with E-state index in [1.165, 1.54) is 0 Å². The zero-order valence-corrected chi connectivity index (χ0v) is 14.6. The predicted molar refractivity (Wildman–Crippen MR) is 91.1 cm³/mol. The Labute approximate surface area is 137 Å². The highest BCUT2D eigenvalue weighted by Gasteiger charge is 2.18. The van der Waals surface area contributed by atoms with Crippen molar-refractivity contribution in [3.05, 3.63) is 45.5 Å². The van der Waals surface area contributed by atoms with Gasteiger partial charge >= 0.3 is 0 Å². The van der Waals surface area contributed by atoms with Crippen LogP contribution >= 0.6 is 0 Å². The summed E-state index contributed by atoms with van der Waals surface area (Å²) in [6.07, 6.45) is 0.683. The van der Waals surface area contributed by atoms with Crippen LogP contribution in [0.15, 0.2) is 12.1 Å². The lowest BCUT2D eigenvalue weighted by Crippen LogP contribution is -2.03. The van der Waals surface area contributed by atoms with Crippen LogP contribution in [0.1, 0.15) is 33.4 Å². The second-order valence-electron chi connectivity index (χ2n) is 5.88. The van der Waals surface area contributed by atoms with Gasteiger partial charge in [-0.05, 0) is 79.6 Å². The molecule has 0 saturated heterocycles. The van der Waals surface area contributed by atoms with Gasteiger partial charge in [0.2, 0.25) is 0 Å². The molecule has 0 aliphatic carbocycles. The summed E-state index contributed by atoms with van der Waals surface area (Å²) in [6.45, 7) is 7.85. The van der Waals surface area contributed by atoms with Crippen LogP contribution in [0, 0.1) is 27.7 Å². The smallest absolute Gasteiger partial charge is 0.163 e. The molecule has 2 aromatic carbocycles. The van der Waals surface area contributed by atoms with E-state index < -0.39 is 0 Å². The second kappa shape index (κ2) is 6.41. The van der Waals surface area contributed by atoms with Crippen molar-refractivity contribution in [1.82, 2.24) is 0 Å². The third-order valence-corrected chi connectivity index (χ3v) is 4.47. The van der Waals surface area contributed by atoms with E-state index in [4.69, 9.17) is 9.47 Å². The van der Waals surface area contributed by atoms with Gasteiger partial charge in [0.15, 0.2) is 23.0 Å². The molecule has 0 bridgehead atoms. The van der Waals surface area contributed by atoms with E-state index in [-0.39, 0.29) is 11.5 Å². The molecule has 0 aliphatic heterocycles. The Hall–Kier alpha value is -2.36. The van der Waals surface area contributed by atoms with Crippen molar-refractivity contribution in [2.45, 2.75) is 34.1 Å². The van der Waals surface area contributed by atoms with Crippen LogP contribution in [-0.2, 0) is 6.42 Å². The summed E-state index contributed by atoms with van der Waals surface area (Å²) in [5.41, 5.74) is 6.09. The van der Waals surface area contributed by atoms with Gasteiger partial charge in [0.25, 0.3) is 0 Å². The van der Waals surface area contributed by atoms with Gasteiger partial charge < -0.3 is 19.7 Å². The Bertz CT molecular complexity index is 685. The van der Waals surface area contributed by atoms with E-state index in [1.807, 2.05) is 27.7 Å². The lowest BCUT2D eigenvalue weighted by Gasteiger charge is -2.19. The quantitative estimate of drug-likeness (QED) is 0.897. The van der Waals surface area contributed by atoms with Gasteiger partial charge in [0.05, 0.1) is 14.2 Å². The van der Waals surface area contributed by atoms with Crippen LogP contribution in [0.2, 0.25) is 0 Å². The summed E-state index contributed by atoms with van der Waals surface area (Å²) in [6, 6.07) is 3.45. The minimum Gasteiger partial charge on any atom is -0.504 e. The van der Waals surface area contributed by atoms with E-state index in [0.717, 1.165) is 33.4 Å². The molecule has 0 radical (unpaired) electrons. The van der Waals surface area contributed by atoms with Crippen molar-refractivity contribution in [2.75, 3.05) is 14.2 Å². The summed E-state index contributed by atoms with van der Waals surface area (Å²) in [4.78, 5) is 0. The van der Waals surface area contributed by atoms with Gasteiger partial charge in [-0.3, -0.25) is 0 Å². The summed E-state index contributed by atoms with van der Waals surface area (Å²) in [7, 11) is 3.11. The molecule has 4 heteroatoms. The SMILES string of the molecule is COc1c(O)cc(C)c(Cc2c(C)cc(O)c(OC)c2C)c1C. The number of hydrogen-bond acceptors (Lipinski definition) is 4. The number of aromatic hydroxyl groups is 2. The first-order valence-electron chi connectivity index (χ1n) is 7.53. The Balaban J connectivity index is 2.61. The van der Waals surface area contributed by atoms with Crippen molar-refractivity contribution in [2.24, 2.45) is 0 Å². The van der Waals surface area contributed by atoms with Crippen molar-refractivity contribution in [1.29, 1.82) is 0 Å². The molecule has 2 aromatic rings. The molecule has 23 heavy (non-hydrogen) atoms. The van der Waals surface area contributed by atoms with E-state index >= 15 is 0 Å². The fourth-order valence-corrected chi connectivity index (χ4v) is 3.20. The van der Waals surface area contributed by atoms with Gasteiger partial charge in [0.1, 0.15) is 0 Å². The van der Waals surface area contributed by atoms with Crippen LogP contribution in [0.4, 0.5) is 0 Å². The molecule has 0 unspecified atom stereocenters. The topological polar surface area (TPSA) is 58.9 Å². The number of aryl methyl sites for hydroxylation is 2. The molecule has 2 N–H and O–H groups in total. The highest BCUT2D eigenvalue weighted by atomic mass is 16.5. The third kappa shape index (κ3) is 2.93. The fourth-order valence-electron chi connectivity index (χ4n) is 3.20. The van der Waals surface area contributed by atoms with Crippen LogP contribution in [-0.4, -0.2) is 24.4 Å². The Kier molecular flexibility index (Phi) is 4.73. The van der Waals surface area contributed by atoms with Crippen LogP contribution in [0.3, 0.4) is 0 Å². The summed E-state index contributed by atoms with van der Waals surface area (Å²) in [5.74, 6) is 1.32. The van der Waals surface area contributed by atoms with Gasteiger partial charge in [-0.25, -0.2) is 0 Å². The first-order chi connectivity index (χ1) is 10.8. The number of methoxy groups -OCH3 is 2. The van der Waals surface area contributed by atoms with Crippen molar-refractivity contribution in [3.8, 4) is 23.0 Å². The molecule has 0 spiro atoms. The first kappa shape index (κ1) is 17.0. The Morgan fingerprint density at radius 1 is 0.739 bits per heavy atom. The lowest BCUT2D eigenvalue weighted by molar-refractivity contribution is 0.369. The number of ether oxygens (including phenoxy) is 2. The molecule has 0 atom stereocenters. The van der Waals surface area contributed by atoms with E-state index in [9.17, 15) is 10.2 Å². The molecule has 0 heterocycles. The van der Waals surface area contributed by atoms with E-state index in [0.29, 0.717) is 17.9 Å². The first-order valence-corrected chi connectivity index (χ1v) is 7.53. The fraction of sp³-hybridized carbons (Fsp3) is 0.368. The summed E-state index contributed by atoms with van der Waals surface area (Å²) < 4.78 is 10.6. The maximum atomic E-state index is 10.0. The average molecular weight is 316 g/mol. The number of phenolic OH excluding ortho intramolecular Hbond substituents is 2. The molecule has 124 valence electrons.